The van der Waals surface area contributed by atoms with Crippen LogP contribution in [0.1, 0.15) is 57.5 Å². The molecule has 1 saturated heterocycles. The Morgan fingerprint density at radius 1 is 0.941 bits per heavy atom. The summed E-state index contributed by atoms with van der Waals surface area (Å²) < 4.78 is 37.8. The number of morpholine rings is 1. The minimum atomic E-state index is -2.79. The molecule has 2 aliphatic rings. The van der Waals surface area contributed by atoms with E-state index in [9.17, 15) is 28.0 Å². The van der Waals surface area contributed by atoms with Crippen LogP contribution in [0.15, 0.2) is 71.7 Å². The molecule has 2 aliphatic heterocycles. The van der Waals surface area contributed by atoms with Gasteiger partial charge in [-0.05, 0) is 48.2 Å². The maximum Gasteiger partial charge on any atom is 0.328 e. The normalized spacial score (nSPS) is 16.1. The summed E-state index contributed by atoms with van der Waals surface area (Å²) in [6, 6.07) is 17.7. The first kappa shape index (κ1) is 37.9. The van der Waals surface area contributed by atoms with Gasteiger partial charge in [-0.3, -0.25) is 19.4 Å². The predicted octanol–water partition coefficient (Wildman–Crippen LogP) is 5.86. The molecule has 51 heavy (non-hydrogen) atoms. The summed E-state index contributed by atoms with van der Waals surface area (Å²) in [4.78, 5) is 58.5. The van der Waals surface area contributed by atoms with Gasteiger partial charge in [0.25, 0.3) is 17.7 Å². The number of hydrogen-bond acceptors (Lipinski definition) is 8. The standard InChI is InChI=1S/C37H38Cl2F2N4O6/c38-30-19-28(45-13-15-50-16-14-45)20-31(39)33(30)35(48)44-32(36(49)51-22-24-5-2-1-3-6-24)10-9-29(46)21-42-34(47)26-8-4-7-25(17-26)18-27-11-12-37(40,41)23-43-27/h1-8,17,19-20,32H,9-16,18,21-23H2,(H,42,47)(H,44,48)/t32-/m0/s1. The van der Waals surface area contributed by atoms with Crippen molar-refractivity contribution in [3.8, 4) is 0 Å². The Labute approximate surface area is 304 Å². The van der Waals surface area contributed by atoms with Crippen molar-refractivity contribution in [1.29, 1.82) is 0 Å². The van der Waals surface area contributed by atoms with Crippen LogP contribution >= 0.6 is 23.2 Å². The van der Waals surface area contributed by atoms with Crippen molar-refractivity contribution in [3.05, 3.63) is 99.0 Å². The van der Waals surface area contributed by atoms with E-state index in [0.717, 1.165) is 16.8 Å². The summed E-state index contributed by atoms with van der Waals surface area (Å²) in [5, 5.41) is 5.40. The van der Waals surface area contributed by atoms with Crippen molar-refractivity contribution in [3.63, 3.8) is 0 Å². The lowest BCUT2D eigenvalue weighted by Crippen LogP contribution is -2.42. The largest absolute Gasteiger partial charge is 0.459 e. The van der Waals surface area contributed by atoms with Crippen molar-refractivity contribution >= 4 is 58.2 Å². The van der Waals surface area contributed by atoms with Gasteiger partial charge in [0.05, 0.1) is 35.4 Å². The summed E-state index contributed by atoms with van der Waals surface area (Å²) >= 11 is 13.0. The van der Waals surface area contributed by atoms with E-state index >= 15 is 0 Å². The number of benzene rings is 3. The molecule has 3 aromatic rings. The highest BCUT2D eigenvalue weighted by Gasteiger charge is 2.32. The Hall–Kier alpha value is -4.39. The van der Waals surface area contributed by atoms with E-state index < -0.39 is 42.1 Å². The molecule has 2 N–H and O–H groups in total. The number of hydrogen-bond donors (Lipinski definition) is 2. The SMILES string of the molecule is O=C(CC[C@H](NC(=O)c1c(Cl)cc(N2CCOCC2)cc1Cl)C(=O)OCc1ccccc1)CNC(=O)c1cccc(CC2=NCC(F)(F)CC2)c1. The van der Waals surface area contributed by atoms with Crippen LogP contribution in [0.3, 0.4) is 0 Å². The molecule has 0 radical (unpaired) electrons. The molecule has 3 aromatic carbocycles. The molecule has 0 unspecified atom stereocenters. The zero-order valence-electron chi connectivity index (χ0n) is 27.8. The van der Waals surface area contributed by atoms with Crippen LogP contribution in [0.5, 0.6) is 0 Å². The number of rotatable bonds is 14. The highest BCUT2D eigenvalue weighted by atomic mass is 35.5. The van der Waals surface area contributed by atoms with Crippen molar-refractivity contribution in [2.24, 2.45) is 4.99 Å². The van der Waals surface area contributed by atoms with Crippen molar-refractivity contribution in [2.45, 2.75) is 50.7 Å². The van der Waals surface area contributed by atoms with Gasteiger partial charge in [0, 0.05) is 49.3 Å². The minimum Gasteiger partial charge on any atom is -0.459 e. The summed E-state index contributed by atoms with van der Waals surface area (Å²) in [6.45, 7) is 1.44. The number of ketones is 1. The highest BCUT2D eigenvalue weighted by Crippen LogP contribution is 2.32. The topological polar surface area (TPSA) is 126 Å². The molecular formula is C37H38Cl2F2N4O6. The number of carbonyl (C=O) groups is 4. The average Bonchev–Trinajstić information content (AvgIpc) is 3.12. The van der Waals surface area contributed by atoms with E-state index in [1.807, 2.05) is 11.0 Å². The number of nitrogens with one attached hydrogen (secondary N) is 2. The number of ether oxygens (including phenoxy) is 2. The summed E-state index contributed by atoms with van der Waals surface area (Å²) in [5.41, 5.74) is 3.12. The zero-order chi connectivity index (χ0) is 36.4. The highest BCUT2D eigenvalue weighted by molar-refractivity contribution is 6.40. The first-order valence-electron chi connectivity index (χ1n) is 16.6. The molecule has 0 bridgehead atoms. The molecule has 2 heterocycles. The van der Waals surface area contributed by atoms with Crippen LogP contribution in [0, 0.1) is 0 Å². The molecule has 2 amide bonds. The van der Waals surface area contributed by atoms with E-state index in [1.165, 1.54) is 0 Å². The second-order valence-electron chi connectivity index (χ2n) is 12.4. The van der Waals surface area contributed by atoms with E-state index in [1.54, 1.807) is 60.7 Å². The maximum absolute atomic E-state index is 13.5. The smallest absolute Gasteiger partial charge is 0.328 e. The second kappa shape index (κ2) is 17.7. The lowest BCUT2D eigenvalue weighted by molar-refractivity contribution is -0.147. The van der Waals surface area contributed by atoms with Crippen LogP contribution in [-0.2, 0) is 32.1 Å². The van der Waals surface area contributed by atoms with Gasteiger partial charge in [0.15, 0.2) is 5.78 Å². The van der Waals surface area contributed by atoms with E-state index in [-0.39, 0.29) is 54.4 Å². The average molecular weight is 744 g/mol. The summed E-state index contributed by atoms with van der Waals surface area (Å²) in [6.07, 6.45) is -0.0226. The van der Waals surface area contributed by atoms with Crippen molar-refractivity contribution in [1.82, 2.24) is 10.6 Å². The lowest BCUT2D eigenvalue weighted by atomic mass is 9.98. The van der Waals surface area contributed by atoms with Crippen LogP contribution in [0.25, 0.3) is 0 Å². The minimum absolute atomic E-state index is 0.0227. The van der Waals surface area contributed by atoms with Gasteiger partial charge in [-0.15, -0.1) is 0 Å². The first-order chi connectivity index (χ1) is 24.5. The lowest BCUT2D eigenvalue weighted by Gasteiger charge is -2.29. The number of esters is 1. The molecule has 0 aromatic heterocycles. The van der Waals surface area contributed by atoms with Crippen molar-refractivity contribution < 1.29 is 37.4 Å². The van der Waals surface area contributed by atoms with Crippen LogP contribution in [-0.4, -0.2) is 80.6 Å². The van der Waals surface area contributed by atoms with E-state index in [4.69, 9.17) is 32.7 Å². The molecule has 10 nitrogen and oxygen atoms in total. The first-order valence-corrected chi connectivity index (χ1v) is 17.3. The Bertz CT molecular complexity index is 1750. The van der Waals surface area contributed by atoms with Gasteiger partial charge >= 0.3 is 5.97 Å². The molecule has 0 saturated carbocycles. The molecule has 1 fully saturated rings. The zero-order valence-corrected chi connectivity index (χ0v) is 29.3. The number of alkyl halides is 2. The Morgan fingerprint density at radius 2 is 1.65 bits per heavy atom. The number of nitrogens with zero attached hydrogens (tertiary/aromatic N) is 2. The third-order valence-corrected chi connectivity index (χ3v) is 9.11. The van der Waals surface area contributed by atoms with Gasteiger partial charge in [-0.1, -0.05) is 65.7 Å². The fourth-order valence-corrected chi connectivity index (χ4v) is 6.33. The Balaban J connectivity index is 1.19. The summed E-state index contributed by atoms with van der Waals surface area (Å²) in [5.74, 6) is -5.15. The number of Topliss-reactive ketones (excluding diaryl/α,β-unsaturated/α-hetero) is 1. The van der Waals surface area contributed by atoms with Crippen molar-refractivity contribution in [2.75, 3.05) is 44.3 Å². The molecule has 0 aliphatic carbocycles. The number of anilines is 1. The monoisotopic (exact) mass is 742 g/mol. The van der Waals surface area contributed by atoms with Gasteiger partial charge < -0.3 is 25.0 Å². The van der Waals surface area contributed by atoms with Crippen LogP contribution < -0.4 is 15.5 Å². The number of amides is 2. The molecular weight excluding hydrogens is 705 g/mol. The fraction of sp³-hybridized carbons (Fsp3) is 0.378. The third kappa shape index (κ3) is 11.0. The number of carbonyl (C=O) groups excluding carboxylic acids is 4. The summed E-state index contributed by atoms with van der Waals surface area (Å²) in [7, 11) is 0. The molecule has 5 rings (SSSR count). The van der Waals surface area contributed by atoms with Gasteiger partial charge in [0.1, 0.15) is 19.2 Å². The maximum atomic E-state index is 13.5. The second-order valence-corrected chi connectivity index (χ2v) is 13.2. The number of halogens is 4. The van der Waals surface area contributed by atoms with Crippen LogP contribution in [0.2, 0.25) is 10.0 Å². The van der Waals surface area contributed by atoms with E-state index in [0.29, 0.717) is 44.0 Å². The quantitative estimate of drug-likeness (QED) is 0.198. The Morgan fingerprint density at radius 3 is 2.33 bits per heavy atom. The molecule has 270 valence electrons. The van der Waals surface area contributed by atoms with Gasteiger partial charge in [-0.25, -0.2) is 13.6 Å². The Kier molecular flexibility index (Phi) is 13.1. The predicted molar refractivity (Wildman–Crippen MR) is 190 cm³/mol. The fourth-order valence-electron chi connectivity index (χ4n) is 5.68. The van der Waals surface area contributed by atoms with Gasteiger partial charge in [0.2, 0.25) is 0 Å². The van der Waals surface area contributed by atoms with E-state index in [2.05, 4.69) is 15.6 Å². The van der Waals surface area contributed by atoms with Crippen LogP contribution in [0.4, 0.5) is 14.5 Å². The van der Waals surface area contributed by atoms with Gasteiger partial charge in [-0.2, -0.15) is 0 Å². The molecule has 1 atom stereocenters. The third-order valence-electron chi connectivity index (χ3n) is 8.51. The number of aliphatic imine (C=N–C) groups is 1. The molecule has 14 heteroatoms. The molecule has 0 spiro atoms.